The molecule has 0 spiro atoms. The first-order chi connectivity index (χ1) is 5.65. The quantitative estimate of drug-likeness (QED) is 0.534. The number of rotatable bonds is 3. The van der Waals surface area contributed by atoms with Crippen molar-refractivity contribution in [2.45, 2.75) is 25.6 Å². The Morgan fingerprint density at radius 2 is 2.25 bits per heavy atom. The minimum absolute atomic E-state index is 0.180. The molecular formula is C6H12N4O2. The lowest BCUT2D eigenvalue weighted by Gasteiger charge is -2.08. The summed E-state index contributed by atoms with van der Waals surface area (Å²) in [5.41, 5.74) is 10.8. The summed E-state index contributed by atoms with van der Waals surface area (Å²) in [5.74, 6) is 0.534. The molecule has 5 N–H and O–H groups in total. The highest BCUT2D eigenvalue weighted by atomic mass is 16.4. The van der Waals surface area contributed by atoms with Gasteiger partial charge in [-0.25, -0.2) is 0 Å². The number of nitrogens with zero attached hydrogens (tertiary/aromatic N) is 2. The molecule has 1 aromatic rings. The van der Waals surface area contributed by atoms with Crippen LogP contribution in [0.3, 0.4) is 0 Å². The van der Waals surface area contributed by atoms with E-state index >= 15 is 0 Å². The molecule has 0 saturated heterocycles. The molecule has 1 unspecified atom stereocenters. The lowest BCUT2D eigenvalue weighted by molar-refractivity contribution is 0.150. The standard InChI is InChI=1S/C6H12N4O2/c1-3(11)5(8)6-10-9-4(2-7)12-6/h3,5,11H,2,7-8H2,1H3/t3?,5-/m0/s1. The van der Waals surface area contributed by atoms with Crippen molar-refractivity contribution in [3.05, 3.63) is 11.8 Å². The fraction of sp³-hybridized carbons (Fsp3) is 0.667. The number of aromatic nitrogens is 2. The van der Waals surface area contributed by atoms with Crippen LogP contribution >= 0.6 is 0 Å². The van der Waals surface area contributed by atoms with E-state index in [4.69, 9.17) is 21.0 Å². The van der Waals surface area contributed by atoms with Gasteiger partial charge >= 0.3 is 0 Å². The Bertz CT molecular complexity index is 247. The van der Waals surface area contributed by atoms with Crippen LogP contribution in [0, 0.1) is 0 Å². The van der Waals surface area contributed by atoms with E-state index in [0.29, 0.717) is 5.89 Å². The van der Waals surface area contributed by atoms with Crippen LogP contribution < -0.4 is 11.5 Å². The maximum absolute atomic E-state index is 9.07. The molecule has 2 atom stereocenters. The third-order valence-electron chi connectivity index (χ3n) is 1.46. The Balaban J connectivity index is 2.74. The molecule has 1 rings (SSSR count). The van der Waals surface area contributed by atoms with E-state index in [0.717, 1.165) is 0 Å². The number of hydrogen-bond acceptors (Lipinski definition) is 6. The van der Waals surface area contributed by atoms with Crippen molar-refractivity contribution >= 4 is 0 Å². The second kappa shape index (κ2) is 3.61. The monoisotopic (exact) mass is 172 g/mol. The molecule has 0 radical (unpaired) electrons. The smallest absolute Gasteiger partial charge is 0.235 e. The van der Waals surface area contributed by atoms with E-state index in [9.17, 15) is 0 Å². The molecule has 0 saturated carbocycles. The fourth-order valence-electron chi connectivity index (χ4n) is 0.690. The number of hydrogen-bond donors (Lipinski definition) is 3. The van der Waals surface area contributed by atoms with Crippen molar-refractivity contribution in [3.8, 4) is 0 Å². The third-order valence-corrected chi connectivity index (χ3v) is 1.46. The molecule has 0 aromatic carbocycles. The Hall–Kier alpha value is -0.980. The van der Waals surface area contributed by atoms with E-state index in [-0.39, 0.29) is 12.4 Å². The van der Waals surface area contributed by atoms with Crippen LogP contribution in [-0.4, -0.2) is 21.4 Å². The van der Waals surface area contributed by atoms with Crippen LogP contribution in [0.2, 0.25) is 0 Å². The van der Waals surface area contributed by atoms with Crippen molar-refractivity contribution in [2.24, 2.45) is 11.5 Å². The highest BCUT2D eigenvalue weighted by molar-refractivity contribution is 4.90. The lowest BCUT2D eigenvalue weighted by Crippen LogP contribution is -2.23. The average molecular weight is 172 g/mol. The molecule has 0 amide bonds. The van der Waals surface area contributed by atoms with Gasteiger partial charge in [-0.1, -0.05) is 0 Å². The van der Waals surface area contributed by atoms with E-state index < -0.39 is 12.1 Å². The molecule has 0 fully saturated rings. The molecule has 68 valence electrons. The first-order valence-corrected chi connectivity index (χ1v) is 3.61. The van der Waals surface area contributed by atoms with Crippen LogP contribution in [0.1, 0.15) is 24.7 Å². The van der Waals surface area contributed by atoms with Gasteiger partial charge in [0.2, 0.25) is 11.8 Å². The molecule has 1 heterocycles. The summed E-state index contributed by atoms with van der Waals surface area (Å²) < 4.78 is 5.02. The molecular weight excluding hydrogens is 160 g/mol. The summed E-state index contributed by atoms with van der Waals surface area (Å²) >= 11 is 0. The minimum Gasteiger partial charge on any atom is -0.422 e. The van der Waals surface area contributed by atoms with Gasteiger partial charge < -0.3 is 21.0 Å². The zero-order chi connectivity index (χ0) is 9.14. The van der Waals surface area contributed by atoms with Gasteiger partial charge in [-0.3, -0.25) is 0 Å². The van der Waals surface area contributed by atoms with Crippen molar-refractivity contribution in [3.63, 3.8) is 0 Å². The molecule has 0 aliphatic rings. The van der Waals surface area contributed by atoms with Crippen molar-refractivity contribution in [1.29, 1.82) is 0 Å². The van der Waals surface area contributed by atoms with Crippen LogP contribution in [-0.2, 0) is 6.54 Å². The summed E-state index contributed by atoms with van der Waals surface area (Å²) in [5, 5.41) is 16.3. The Morgan fingerprint density at radius 1 is 1.58 bits per heavy atom. The Labute approximate surface area is 69.6 Å². The molecule has 12 heavy (non-hydrogen) atoms. The predicted molar refractivity (Wildman–Crippen MR) is 40.8 cm³/mol. The van der Waals surface area contributed by atoms with Gasteiger partial charge in [0.15, 0.2) is 0 Å². The van der Waals surface area contributed by atoms with E-state index in [2.05, 4.69) is 10.2 Å². The maximum atomic E-state index is 9.07. The summed E-state index contributed by atoms with van der Waals surface area (Å²) in [4.78, 5) is 0. The molecule has 0 aliphatic carbocycles. The molecule has 0 aliphatic heterocycles. The fourth-order valence-corrected chi connectivity index (χ4v) is 0.690. The van der Waals surface area contributed by atoms with Crippen LogP contribution in [0.4, 0.5) is 0 Å². The van der Waals surface area contributed by atoms with Gasteiger partial charge in [0, 0.05) is 0 Å². The predicted octanol–water partition coefficient (Wildman–Crippen LogP) is -1.09. The molecule has 0 bridgehead atoms. The summed E-state index contributed by atoms with van der Waals surface area (Å²) in [6, 6.07) is -0.641. The number of nitrogens with two attached hydrogens (primary N) is 2. The Morgan fingerprint density at radius 3 is 2.67 bits per heavy atom. The second-order valence-corrected chi connectivity index (χ2v) is 2.50. The van der Waals surface area contributed by atoms with Gasteiger partial charge in [-0.15, -0.1) is 10.2 Å². The number of aliphatic hydroxyl groups is 1. The topological polar surface area (TPSA) is 111 Å². The second-order valence-electron chi connectivity index (χ2n) is 2.50. The minimum atomic E-state index is -0.712. The zero-order valence-electron chi connectivity index (χ0n) is 6.77. The SMILES string of the molecule is CC(O)[C@H](N)c1nnc(CN)o1. The number of aliphatic hydroxyl groups excluding tert-OH is 1. The Kier molecular flexibility index (Phi) is 2.74. The van der Waals surface area contributed by atoms with Crippen molar-refractivity contribution in [2.75, 3.05) is 0 Å². The van der Waals surface area contributed by atoms with Gasteiger partial charge in [-0.2, -0.15) is 0 Å². The van der Waals surface area contributed by atoms with E-state index in [1.807, 2.05) is 0 Å². The van der Waals surface area contributed by atoms with Gasteiger partial charge in [-0.05, 0) is 6.92 Å². The average Bonchev–Trinajstić information content (AvgIpc) is 2.50. The summed E-state index contributed by atoms with van der Waals surface area (Å²) in [7, 11) is 0. The highest BCUT2D eigenvalue weighted by Crippen LogP contribution is 2.11. The van der Waals surface area contributed by atoms with Crippen LogP contribution in [0.15, 0.2) is 4.42 Å². The summed E-state index contributed by atoms with van der Waals surface area (Å²) in [6.07, 6.45) is -0.712. The normalized spacial score (nSPS) is 16.0. The highest BCUT2D eigenvalue weighted by Gasteiger charge is 2.18. The van der Waals surface area contributed by atoms with Gasteiger partial charge in [0.1, 0.15) is 6.04 Å². The van der Waals surface area contributed by atoms with Crippen LogP contribution in [0.5, 0.6) is 0 Å². The maximum Gasteiger partial charge on any atom is 0.235 e. The summed E-state index contributed by atoms with van der Waals surface area (Å²) in [6.45, 7) is 1.73. The van der Waals surface area contributed by atoms with Crippen LogP contribution in [0.25, 0.3) is 0 Å². The molecule has 1 aromatic heterocycles. The van der Waals surface area contributed by atoms with Gasteiger partial charge in [0.05, 0.1) is 12.6 Å². The van der Waals surface area contributed by atoms with Crippen molar-refractivity contribution < 1.29 is 9.52 Å². The first-order valence-electron chi connectivity index (χ1n) is 3.61. The first kappa shape index (κ1) is 9.11. The van der Waals surface area contributed by atoms with E-state index in [1.165, 1.54) is 0 Å². The van der Waals surface area contributed by atoms with Gasteiger partial charge in [0.25, 0.3) is 0 Å². The van der Waals surface area contributed by atoms with Crippen molar-refractivity contribution in [1.82, 2.24) is 10.2 Å². The largest absolute Gasteiger partial charge is 0.422 e. The molecule has 6 nitrogen and oxygen atoms in total. The lowest BCUT2D eigenvalue weighted by atomic mass is 10.2. The van der Waals surface area contributed by atoms with E-state index in [1.54, 1.807) is 6.92 Å². The molecule has 6 heteroatoms. The zero-order valence-corrected chi connectivity index (χ0v) is 6.77. The third kappa shape index (κ3) is 1.79.